The number of hydrogen-bond acceptors (Lipinski definition) is 2. The zero-order chi connectivity index (χ0) is 32.6. The zero-order valence-electron chi connectivity index (χ0n) is 28.2. The number of rotatable bonds is 4. The van der Waals surface area contributed by atoms with E-state index >= 15 is 0 Å². The summed E-state index contributed by atoms with van der Waals surface area (Å²) in [5.74, 6) is 0. The Labute approximate surface area is 242 Å². The second kappa shape index (κ2) is 9.14. The third kappa shape index (κ3) is 3.58. The van der Waals surface area contributed by atoms with Crippen LogP contribution in [0, 0.1) is 0 Å². The van der Waals surface area contributed by atoms with Crippen molar-refractivity contribution in [2.24, 2.45) is 0 Å². The van der Waals surface area contributed by atoms with Crippen LogP contribution in [0.15, 0.2) is 156 Å². The van der Waals surface area contributed by atoms with Crippen LogP contribution in [0.3, 0.4) is 0 Å². The van der Waals surface area contributed by atoms with Crippen LogP contribution in [0.5, 0.6) is 0 Å². The van der Waals surface area contributed by atoms with E-state index in [-0.39, 0.29) is 28.5 Å². The predicted octanol–water partition coefficient (Wildman–Crippen LogP) is 11.0. The van der Waals surface area contributed by atoms with Gasteiger partial charge >= 0.3 is 0 Å². The van der Waals surface area contributed by atoms with E-state index in [4.69, 9.17) is 14.0 Å². The van der Waals surface area contributed by atoms with Gasteiger partial charge in [-0.3, -0.25) is 0 Å². The molecule has 0 N–H and O–H groups in total. The third-order valence-electron chi connectivity index (χ3n) is 7.33. The molecule has 0 saturated carbocycles. The van der Waals surface area contributed by atoms with Gasteiger partial charge in [-0.25, -0.2) is 0 Å². The Hall–Kier alpha value is -5.34. The van der Waals surface area contributed by atoms with Gasteiger partial charge in [-0.15, -0.1) is 0 Å². The largest absolute Gasteiger partial charge is 0.455 e. The fourth-order valence-corrected chi connectivity index (χ4v) is 5.56. The highest BCUT2D eigenvalue weighted by Gasteiger charge is 2.18. The molecule has 1 aromatic heterocycles. The molecule has 0 aliphatic carbocycles. The van der Waals surface area contributed by atoms with Crippen molar-refractivity contribution in [1.29, 1.82) is 0 Å². The Kier molecular flexibility index (Phi) is 3.79. The van der Waals surface area contributed by atoms with Gasteiger partial charge in [0.1, 0.15) is 11.2 Å². The van der Waals surface area contributed by atoms with E-state index in [1.54, 1.807) is 4.90 Å². The van der Waals surface area contributed by atoms with E-state index in [9.17, 15) is 0 Å². The molecule has 0 fully saturated rings. The van der Waals surface area contributed by atoms with E-state index in [0.29, 0.717) is 11.4 Å². The first-order valence-electron chi connectivity index (χ1n) is 16.5. The summed E-state index contributed by atoms with van der Waals surface area (Å²) >= 11 is 0. The topological polar surface area (TPSA) is 16.4 Å². The van der Waals surface area contributed by atoms with E-state index < -0.39 is 30.2 Å². The summed E-state index contributed by atoms with van der Waals surface area (Å²) in [6.07, 6.45) is 0. The van der Waals surface area contributed by atoms with Crippen LogP contribution in [-0.4, -0.2) is 0 Å². The Balaban J connectivity index is 1.42. The lowest BCUT2D eigenvalue weighted by Gasteiger charge is -2.27. The number of benzene rings is 7. The fourth-order valence-electron chi connectivity index (χ4n) is 5.56. The van der Waals surface area contributed by atoms with Crippen LogP contribution in [0.2, 0.25) is 0 Å². The van der Waals surface area contributed by atoms with Crippen molar-refractivity contribution in [3.63, 3.8) is 0 Å². The smallest absolute Gasteiger partial charge is 0.143 e. The molecule has 0 aliphatic rings. The molecule has 0 bridgehead atoms. The summed E-state index contributed by atoms with van der Waals surface area (Å²) in [5, 5.41) is 3.99. The summed E-state index contributed by atoms with van der Waals surface area (Å²) < 4.78 is 67.0. The van der Waals surface area contributed by atoms with Crippen molar-refractivity contribution >= 4 is 60.5 Å². The van der Waals surface area contributed by atoms with E-state index in [2.05, 4.69) is 24.3 Å². The molecule has 0 atom stereocenters. The van der Waals surface area contributed by atoms with Crippen LogP contribution >= 0.6 is 0 Å². The summed E-state index contributed by atoms with van der Waals surface area (Å²) in [4.78, 5) is 1.74. The number of para-hydroxylation sites is 1. The van der Waals surface area contributed by atoms with Crippen molar-refractivity contribution in [2.45, 2.75) is 0 Å². The van der Waals surface area contributed by atoms with Gasteiger partial charge in [0.25, 0.3) is 0 Å². The standard InChI is InChI=1S/C38H25NO/c1-2-15-29(16-3-1)39(35-21-9-13-26-11-4-6-18-31(26)35)30-17-8-14-28(25-30)32-20-10-22-36-37(32)34-24-23-27-12-5-7-19-33(27)38(34)40-36/h1-25H/i4D,6D,9D,11D,13D,18D,21D. The molecule has 0 unspecified atom stereocenters. The molecule has 0 saturated heterocycles. The molecule has 0 spiro atoms. The highest BCUT2D eigenvalue weighted by atomic mass is 16.3. The fraction of sp³-hybridized carbons (Fsp3) is 0. The number of anilines is 3. The average molecular weight is 519 g/mol. The summed E-state index contributed by atoms with van der Waals surface area (Å²) in [6, 6.07) is 32.3. The second-order valence-electron chi connectivity index (χ2n) is 9.64. The number of nitrogens with zero attached hydrogens (tertiary/aromatic N) is 1. The number of fused-ring (bicyclic) bond motifs is 6. The Bertz CT molecular complexity index is 2550. The van der Waals surface area contributed by atoms with Gasteiger partial charge in [0.05, 0.1) is 15.3 Å². The molecule has 0 radical (unpaired) electrons. The number of furan rings is 1. The van der Waals surface area contributed by atoms with Gasteiger partial charge in [-0.2, -0.15) is 0 Å². The van der Waals surface area contributed by atoms with Crippen LogP contribution in [0.1, 0.15) is 9.60 Å². The highest BCUT2D eigenvalue weighted by molar-refractivity contribution is 6.19. The molecule has 2 heteroatoms. The SMILES string of the molecule is [2H]c1c([2H])c([2H])c2c(N(c3ccccc3)c3cccc(-c4cccc5oc6c7ccccc7ccc6c45)c3)c([2H])c([2H])c([2H])c2c1[2H]. The molecule has 8 aromatic rings. The molecule has 7 aromatic carbocycles. The monoisotopic (exact) mass is 518 g/mol. The molecular formula is C38H25NO. The first-order chi connectivity index (χ1) is 22.8. The van der Waals surface area contributed by atoms with E-state index in [1.165, 1.54) is 0 Å². The third-order valence-corrected chi connectivity index (χ3v) is 7.33. The average Bonchev–Trinajstić information content (AvgIpc) is 3.50. The maximum Gasteiger partial charge on any atom is 0.143 e. The minimum atomic E-state index is -0.486. The molecular weight excluding hydrogens is 486 g/mol. The molecule has 1 heterocycles. The van der Waals surface area contributed by atoms with Gasteiger partial charge in [-0.05, 0) is 64.3 Å². The van der Waals surface area contributed by atoms with Crippen molar-refractivity contribution in [3.05, 3.63) is 151 Å². The molecule has 40 heavy (non-hydrogen) atoms. The Morgan fingerprint density at radius 2 is 1.35 bits per heavy atom. The van der Waals surface area contributed by atoms with Crippen molar-refractivity contribution in [1.82, 2.24) is 0 Å². The van der Waals surface area contributed by atoms with Crippen LogP contribution in [0.25, 0.3) is 54.6 Å². The molecule has 188 valence electrons. The lowest BCUT2D eigenvalue weighted by Crippen LogP contribution is -2.10. The minimum Gasteiger partial charge on any atom is -0.455 e. The van der Waals surface area contributed by atoms with Crippen molar-refractivity contribution in [2.75, 3.05) is 4.90 Å². The Morgan fingerprint density at radius 1 is 0.550 bits per heavy atom. The minimum absolute atomic E-state index is 0.0195. The zero-order valence-corrected chi connectivity index (χ0v) is 21.2. The van der Waals surface area contributed by atoms with Crippen molar-refractivity contribution in [3.8, 4) is 11.1 Å². The maximum absolute atomic E-state index is 9.09. The van der Waals surface area contributed by atoms with Crippen molar-refractivity contribution < 1.29 is 14.0 Å². The molecule has 8 rings (SSSR count). The number of hydrogen-bond donors (Lipinski definition) is 0. The first kappa shape index (κ1) is 16.6. The lowest BCUT2D eigenvalue weighted by atomic mass is 9.97. The Morgan fingerprint density at radius 3 is 2.30 bits per heavy atom. The van der Waals surface area contributed by atoms with Gasteiger partial charge in [0.2, 0.25) is 0 Å². The van der Waals surface area contributed by atoms with Gasteiger partial charge < -0.3 is 9.32 Å². The van der Waals surface area contributed by atoms with Gasteiger partial charge in [0, 0.05) is 32.9 Å². The predicted molar refractivity (Wildman–Crippen MR) is 169 cm³/mol. The van der Waals surface area contributed by atoms with Gasteiger partial charge in [-0.1, -0.05) is 109 Å². The van der Waals surface area contributed by atoms with Crippen LogP contribution in [0.4, 0.5) is 17.1 Å². The van der Waals surface area contributed by atoms with Crippen LogP contribution in [-0.2, 0) is 0 Å². The highest BCUT2D eigenvalue weighted by Crippen LogP contribution is 2.43. The maximum atomic E-state index is 9.09. The lowest BCUT2D eigenvalue weighted by molar-refractivity contribution is 0.673. The summed E-state index contributed by atoms with van der Waals surface area (Å²) in [6.45, 7) is 0. The molecule has 2 nitrogen and oxygen atoms in total. The first-order valence-corrected chi connectivity index (χ1v) is 13.0. The van der Waals surface area contributed by atoms with Gasteiger partial charge in [0.15, 0.2) is 0 Å². The molecule has 0 aliphatic heterocycles. The quantitative estimate of drug-likeness (QED) is 0.230. The van der Waals surface area contributed by atoms with E-state index in [1.807, 2.05) is 84.9 Å². The molecule has 0 amide bonds. The van der Waals surface area contributed by atoms with E-state index in [0.717, 1.165) is 43.8 Å². The normalized spacial score (nSPS) is 13.9. The van der Waals surface area contributed by atoms with Crippen LogP contribution < -0.4 is 4.90 Å². The second-order valence-corrected chi connectivity index (χ2v) is 9.64. The summed E-state index contributed by atoms with van der Waals surface area (Å²) in [7, 11) is 0. The summed E-state index contributed by atoms with van der Waals surface area (Å²) in [5.41, 5.74) is 4.71.